The number of allylic oxidation sites excluding steroid dienone is 1. The van der Waals surface area contributed by atoms with Crippen LogP contribution in [0.25, 0.3) is 5.76 Å². The first-order chi connectivity index (χ1) is 12.9. The van der Waals surface area contributed by atoms with E-state index in [-0.39, 0.29) is 38.2 Å². The van der Waals surface area contributed by atoms with E-state index in [2.05, 4.69) is 0 Å². The number of rotatable bonds is 1. The molecule has 140 valence electrons. The van der Waals surface area contributed by atoms with E-state index in [1.807, 2.05) is 31.2 Å². The molecule has 0 aromatic heterocycles. The Bertz CT molecular complexity index is 982. The van der Waals surface area contributed by atoms with Gasteiger partial charge in [0.2, 0.25) is 0 Å². The Hall–Kier alpha value is -1.72. The average molecular weight is 446 g/mol. The summed E-state index contributed by atoms with van der Waals surface area (Å²) in [6, 6.07) is 7.44. The second kappa shape index (κ2) is 8.11. The Morgan fingerprint density at radius 2 is 1.56 bits per heavy atom. The zero-order chi connectivity index (χ0) is 19.7. The van der Waals surface area contributed by atoms with Crippen LogP contribution in [-0.4, -0.2) is 11.9 Å². The number of carbonyl (C=O) groups excluding carboxylic acids is 2. The van der Waals surface area contributed by atoms with Crippen LogP contribution in [0.2, 0.25) is 20.1 Å². The van der Waals surface area contributed by atoms with Gasteiger partial charge in [0.15, 0.2) is 0 Å². The molecule has 0 aliphatic carbocycles. The minimum atomic E-state index is -0.523. The van der Waals surface area contributed by atoms with E-state index in [0.29, 0.717) is 16.9 Å². The number of ether oxygens (including phenoxy) is 2. The molecule has 2 aromatic carbocycles. The normalized spacial score (nSPS) is 15.7. The smallest absolute Gasteiger partial charge is 0.344 e. The fourth-order valence-corrected chi connectivity index (χ4v) is 3.68. The van der Waals surface area contributed by atoms with Crippen LogP contribution in [0.3, 0.4) is 0 Å². The minimum absolute atomic E-state index is 0.0796. The molecule has 2 aromatic rings. The van der Waals surface area contributed by atoms with Gasteiger partial charge < -0.3 is 9.47 Å². The molecule has 0 atom stereocenters. The summed E-state index contributed by atoms with van der Waals surface area (Å²) in [5.41, 5.74) is 2.29. The van der Waals surface area contributed by atoms with E-state index < -0.39 is 5.97 Å². The van der Waals surface area contributed by atoms with Crippen molar-refractivity contribution in [1.29, 1.82) is 0 Å². The quantitative estimate of drug-likeness (QED) is 0.282. The van der Waals surface area contributed by atoms with E-state index in [4.69, 9.17) is 55.9 Å². The van der Waals surface area contributed by atoms with E-state index in [1.54, 1.807) is 6.07 Å². The van der Waals surface area contributed by atoms with E-state index in [1.165, 1.54) is 0 Å². The van der Waals surface area contributed by atoms with Crippen LogP contribution in [0.4, 0.5) is 0 Å². The Balaban J connectivity index is 0.000000156. The third-order valence-electron chi connectivity index (χ3n) is 3.92. The maximum atomic E-state index is 11.3. The fraction of sp³-hybridized carbons (Fsp3) is 0.158. The predicted molar refractivity (Wildman–Crippen MR) is 106 cm³/mol. The van der Waals surface area contributed by atoms with E-state index in [9.17, 15) is 9.59 Å². The van der Waals surface area contributed by atoms with Gasteiger partial charge in [-0.3, -0.25) is 0 Å². The summed E-state index contributed by atoms with van der Waals surface area (Å²) >= 11 is 23.3. The molecule has 0 fully saturated rings. The molecule has 0 saturated carbocycles. The SMILES string of the molecule is CC/C=C1\OC(=O)c2ccccc21.O=C1OCc2c(Cl)c(Cl)c(Cl)c(Cl)c21. The standard InChI is InChI=1S/C11H10O2.C8H2Cl4O2/c1-2-5-10-8-6-3-4-7-9(8)11(12)13-10;9-4-2-1-14-8(13)3(2)5(10)7(12)6(4)11/h3-7H,2H2,1H3;1H2/b10-5-;. The number of carbonyl (C=O) groups is 2. The van der Waals surface area contributed by atoms with Crippen LogP contribution >= 0.6 is 46.4 Å². The summed E-state index contributed by atoms with van der Waals surface area (Å²) in [5, 5.41) is 0.548. The summed E-state index contributed by atoms with van der Waals surface area (Å²) in [4.78, 5) is 22.5. The van der Waals surface area contributed by atoms with Crippen molar-refractivity contribution in [3.63, 3.8) is 0 Å². The molecule has 0 spiro atoms. The lowest BCUT2D eigenvalue weighted by molar-refractivity contribution is 0.0535. The highest BCUT2D eigenvalue weighted by atomic mass is 35.5. The van der Waals surface area contributed by atoms with Gasteiger partial charge in [-0.25, -0.2) is 9.59 Å². The minimum Gasteiger partial charge on any atom is -0.457 e. The van der Waals surface area contributed by atoms with E-state index in [0.717, 1.165) is 12.0 Å². The molecule has 0 N–H and O–H groups in total. The summed E-state index contributed by atoms with van der Waals surface area (Å²) < 4.78 is 9.86. The highest BCUT2D eigenvalue weighted by molar-refractivity contribution is 6.53. The molecule has 2 heterocycles. The summed E-state index contributed by atoms with van der Waals surface area (Å²) in [6.07, 6.45) is 2.79. The number of fused-ring (bicyclic) bond motifs is 2. The van der Waals surface area contributed by atoms with Crippen molar-refractivity contribution in [3.8, 4) is 0 Å². The molecular formula is C19H12Cl4O4. The lowest BCUT2D eigenvalue weighted by Crippen LogP contribution is -1.96. The fourth-order valence-electron chi connectivity index (χ4n) is 2.66. The van der Waals surface area contributed by atoms with Crippen LogP contribution < -0.4 is 0 Å². The largest absolute Gasteiger partial charge is 0.457 e. The highest BCUT2D eigenvalue weighted by Gasteiger charge is 2.31. The summed E-state index contributed by atoms with van der Waals surface area (Å²) in [6.45, 7) is 2.10. The molecule has 4 nitrogen and oxygen atoms in total. The lowest BCUT2D eigenvalue weighted by Gasteiger charge is -2.05. The Kier molecular flexibility index (Phi) is 6.02. The van der Waals surface area contributed by atoms with Crippen molar-refractivity contribution in [3.05, 3.63) is 72.7 Å². The Morgan fingerprint density at radius 3 is 2.22 bits per heavy atom. The molecule has 4 rings (SSSR count). The van der Waals surface area contributed by atoms with Crippen LogP contribution in [0.15, 0.2) is 30.3 Å². The van der Waals surface area contributed by atoms with Crippen LogP contribution in [0, 0.1) is 0 Å². The van der Waals surface area contributed by atoms with Crippen molar-refractivity contribution in [2.45, 2.75) is 20.0 Å². The maximum absolute atomic E-state index is 11.3. The molecule has 0 saturated heterocycles. The van der Waals surface area contributed by atoms with Crippen molar-refractivity contribution in [2.75, 3.05) is 0 Å². The van der Waals surface area contributed by atoms with Gasteiger partial charge in [0.25, 0.3) is 0 Å². The molecule has 2 aliphatic heterocycles. The second-order valence-electron chi connectivity index (χ2n) is 5.60. The molecule has 0 amide bonds. The number of halogens is 4. The molecule has 8 heteroatoms. The molecular weight excluding hydrogens is 434 g/mol. The molecule has 0 radical (unpaired) electrons. The summed E-state index contributed by atoms with van der Waals surface area (Å²) in [5.74, 6) is -0.0659. The predicted octanol–water partition coefficient (Wildman–Crippen LogP) is 6.58. The maximum Gasteiger partial charge on any atom is 0.344 e. The van der Waals surface area contributed by atoms with Crippen molar-refractivity contribution in [1.82, 2.24) is 0 Å². The first kappa shape index (κ1) is 20.0. The van der Waals surface area contributed by atoms with E-state index >= 15 is 0 Å². The number of esters is 2. The van der Waals surface area contributed by atoms with Crippen molar-refractivity contribution < 1.29 is 19.1 Å². The number of hydrogen-bond acceptors (Lipinski definition) is 4. The lowest BCUT2D eigenvalue weighted by atomic mass is 10.1. The first-order valence-electron chi connectivity index (χ1n) is 7.90. The topological polar surface area (TPSA) is 52.6 Å². The molecule has 0 unspecified atom stereocenters. The van der Waals surface area contributed by atoms with Gasteiger partial charge in [-0.15, -0.1) is 0 Å². The van der Waals surface area contributed by atoms with Crippen LogP contribution in [0.1, 0.15) is 45.2 Å². The van der Waals surface area contributed by atoms with Crippen molar-refractivity contribution >= 4 is 64.1 Å². The zero-order valence-electron chi connectivity index (χ0n) is 13.9. The zero-order valence-corrected chi connectivity index (χ0v) is 17.0. The molecule has 0 bridgehead atoms. The third kappa shape index (κ3) is 3.67. The van der Waals surface area contributed by atoms with Gasteiger partial charge in [0.1, 0.15) is 12.4 Å². The van der Waals surface area contributed by atoms with Crippen molar-refractivity contribution in [2.24, 2.45) is 0 Å². The van der Waals surface area contributed by atoms with Gasteiger partial charge in [-0.2, -0.15) is 0 Å². The number of benzene rings is 2. The monoisotopic (exact) mass is 444 g/mol. The average Bonchev–Trinajstić information content (AvgIpc) is 3.20. The Labute approximate surface area is 175 Å². The second-order valence-corrected chi connectivity index (χ2v) is 7.11. The third-order valence-corrected chi connectivity index (χ3v) is 5.76. The summed E-state index contributed by atoms with van der Waals surface area (Å²) in [7, 11) is 0. The van der Waals surface area contributed by atoms with Gasteiger partial charge in [-0.1, -0.05) is 71.5 Å². The molecule has 27 heavy (non-hydrogen) atoms. The highest BCUT2D eigenvalue weighted by Crippen LogP contribution is 2.44. The number of hydrogen-bond donors (Lipinski definition) is 0. The van der Waals surface area contributed by atoms with Gasteiger partial charge in [0, 0.05) is 11.1 Å². The van der Waals surface area contributed by atoms with Gasteiger partial charge >= 0.3 is 11.9 Å². The van der Waals surface area contributed by atoms with Gasteiger partial charge in [0.05, 0.1) is 31.2 Å². The first-order valence-corrected chi connectivity index (χ1v) is 9.41. The molecule has 2 aliphatic rings. The van der Waals surface area contributed by atoms with Crippen LogP contribution in [0.5, 0.6) is 0 Å². The number of cyclic esters (lactones) is 2. The van der Waals surface area contributed by atoms with Gasteiger partial charge in [-0.05, 0) is 18.6 Å². The Morgan fingerprint density at radius 1 is 0.926 bits per heavy atom. The van der Waals surface area contributed by atoms with Crippen LogP contribution in [-0.2, 0) is 16.1 Å².